The van der Waals surface area contributed by atoms with Crippen LogP contribution in [0.25, 0.3) is 0 Å². The van der Waals surface area contributed by atoms with Gasteiger partial charge in [-0.25, -0.2) is 4.79 Å². The first-order valence-electron chi connectivity index (χ1n) is 7.30. The van der Waals surface area contributed by atoms with Crippen LogP contribution >= 0.6 is 0 Å². The summed E-state index contributed by atoms with van der Waals surface area (Å²) in [5.74, 6) is -0.496. The van der Waals surface area contributed by atoms with Crippen molar-refractivity contribution in [3.63, 3.8) is 0 Å². The number of likely N-dealkylation sites (tertiary alicyclic amines) is 1. The summed E-state index contributed by atoms with van der Waals surface area (Å²) in [6, 6.07) is 6.68. The lowest BCUT2D eigenvalue weighted by Gasteiger charge is -2.25. The van der Waals surface area contributed by atoms with Gasteiger partial charge in [-0.15, -0.1) is 0 Å². The van der Waals surface area contributed by atoms with Gasteiger partial charge in [0.15, 0.2) is 0 Å². The molecule has 1 heterocycles. The van der Waals surface area contributed by atoms with E-state index in [0.29, 0.717) is 19.4 Å². The number of carboxylic acids is 1. The number of ether oxygens (including phenoxy) is 2. The molecule has 2 unspecified atom stereocenters. The molecule has 120 valence electrons. The minimum Gasteiger partial charge on any atom is -0.497 e. The molecule has 1 fully saturated rings. The van der Waals surface area contributed by atoms with E-state index in [-0.39, 0.29) is 12.5 Å². The van der Waals surface area contributed by atoms with Crippen LogP contribution in [0.1, 0.15) is 25.3 Å². The summed E-state index contributed by atoms with van der Waals surface area (Å²) < 4.78 is 10.7. The van der Waals surface area contributed by atoms with E-state index in [2.05, 4.69) is 0 Å². The molecule has 6 nitrogen and oxygen atoms in total. The van der Waals surface area contributed by atoms with Crippen molar-refractivity contribution in [1.82, 2.24) is 4.90 Å². The second-order valence-electron chi connectivity index (χ2n) is 5.33. The van der Waals surface area contributed by atoms with Crippen molar-refractivity contribution in [2.45, 2.75) is 38.5 Å². The van der Waals surface area contributed by atoms with E-state index in [1.165, 1.54) is 4.90 Å². The SMILES string of the molecule is COc1cccc(COC(C)C(=O)N2CCCC2C(=O)O)c1. The van der Waals surface area contributed by atoms with Crippen LogP contribution in [0.15, 0.2) is 24.3 Å². The van der Waals surface area contributed by atoms with Gasteiger partial charge in [0.1, 0.15) is 17.9 Å². The summed E-state index contributed by atoms with van der Waals surface area (Å²) in [5, 5.41) is 9.13. The van der Waals surface area contributed by atoms with E-state index in [4.69, 9.17) is 14.6 Å². The van der Waals surface area contributed by atoms with E-state index in [1.807, 2.05) is 24.3 Å². The summed E-state index contributed by atoms with van der Waals surface area (Å²) in [7, 11) is 1.59. The Bertz CT molecular complexity index is 545. The minimum atomic E-state index is -0.953. The van der Waals surface area contributed by atoms with Crippen molar-refractivity contribution in [2.75, 3.05) is 13.7 Å². The summed E-state index contributed by atoms with van der Waals surface area (Å²) in [6.07, 6.45) is 0.542. The molecule has 1 aromatic rings. The van der Waals surface area contributed by atoms with Gasteiger partial charge in [-0.05, 0) is 37.5 Å². The highest BCUT2D eigenvalue weighted by Crippen LogP contribution is 2.20. The Hall–Kier alpha value is -2.08. The van der Waals surface area contributed by atoms with Crippen molar-refractivity contribution >= 4 is 11.9 Å². The number of amides is 1. The maximum Gasteiger partial charge on any atom is 0.326 e. The first-order chi connectivity index (χ1) is 10.5. The Labute approximate surface area is 129 Å². The molecule has 0 aromatic heterocycles. The van der Waals surface area contributed by atoms with Gasteiger partial charge in [0.2, 0.25) is 0 Å². The average molecular weight is 307 g/mol. The van der Waals surface area contributed by atoms with Crippen LogP contribution in [0, 0.1) is 0 Å². The Morgan fingerprint density at radius 3 is 2.91 bits per heavy atom. The fourth-order valence-corrected chi connectivity index (χ4v) is 2.58. The zero-order valence-electron chi connectivity index (χ0n) is 12.8. The lowest BCUT2D eigenvalue weighted by atomic mass is 10.2. The Kier molecular flexibility index (Phi) is 5.38. The van der Waals surface area contributed by atoms with E-state index >= 15 is 0 Å². The van der Waals surface area contributed by atoms with Gasteiger partial charge in [0.05, 0.1) is 13.7 Å². The number of aliphatic carboxylic acids is 1. The molecular formula is C16H21NO5. The molecule has 0 aliphatic carbocycles. The number of carbonyl (C=O) groups is 2. The fraction of sp³-hybridized carbons (Fsp3) is 0.500. The number of benzene rings is 1. The van der Waals surface area contributed by atoms with Crippen LogP contribution in [0.2, 0.25) is 0 Å². The van der Waals surface area contributed by atoms with E-state index < -0.39 is 18.1 Å². The van der Waals surface area contributed by atoms with Crippen LogP contribution in [0.5, 0.6) is 5.75 Å². The number of hydrogen-bond acceptors (Lipinski definition) is 4. The van der Waals surface area contributed by atoms with Gasteiger partial charge >= 0.3 is 5.97 Å². The molecule has 1 N–H and O–H groups in total. The molecule has 22 heavy (non-hydrogen) atoms. The highest BCUT2D eigenvalue weighted by atomic mass is 16.5. The number of nitrogens with zero attached hydrogens (tertiary/aromatic N) is 1. The summed E-state index contributed by atoms with van der Waals surface area (Å²) in [4.78, 5) is 24.9. The van der Waals surface area contributed by atoms with Gasteiger partial charge < -0.3 is 19.5 Å². The standard InChI is InChI=1S/C16H21NO5/c1-11(15(18)17-8-4-7-14(17)16(19)20)22-10-12-5-3-6-13(9-12)21-2/h3,5-6,9,11,14H,4,7-8,10H2,1-2H3,(H,19,20). The average Bonchev–Trinajstić information content (AvgIpc) is 3.01. The molecule has 1 amide bonds. The second kappa shape index (κ2) is 7.26. The van der Waals surface area contributed by atoms with E-state index in [9.17, 15) is 9.59 Å². The predicted octanol–water partition coefficient (Wildman–Crippen LogP) is 1.68. The summed E-state index contributed by atoms with van der Waals surface area (Å²) >= 11 is 0. The van der Waals surface area contributed by atoms with Crippen molar-refractivity contribution in [3.8, 4) is 5.75 Å². The third-order valence-electron chi connectivity index (χ3n) is 3.80. The lowest BCUT2D eigenvalue weighted by Crippen LogP contribution is -2.45. The first kappa shape index (κ1) is 16.3. The Morgan fingerprint density at radius 1 is 1.45 bits per heavy atom. The van der Waals surface area contributed by atoms with Crippen molar-refractivity contribution < 1.29 is 24.2 Å². The maximum atomic E-state index is 12.3. The topological polar surface area (TPSA) is 76.1 Å². The van der Waals surface area contributed by atoms with E-state index in [1.54, 1.807) is 14.0 Å². The first-order valence-corrected chi connectivity index (χ1v) is 7.30. The van der Waals surface area contributed by atoms with Gasteiger partial charge in [0, 0.05) is 6.54 Å². The molecule has 2 rings (SSSR count). The van der Waals surface area contributed by atoms with Crippen LogP contribution in [-0.4, -0.2) is 47.7 Å². The van der Waals surface area contributed by atoms with Crippen molar-refractivity contribution in [3.05, 3.63) is 29.8 Å². The highest BCUT2D eigenvalue weighted by Gasteiger charge is 2.36. The molecule has 0 spiro atoms. The number of rotatable bonds is 6. The molecule has 1 aliphatic rings. The predicted molar refractivity (Wildman–Crippen MR) is 79.6 cm³/mol. The van der Waals surface area contributed by atoms with Gasteiger partial charge in [0.25, 0.3) is 5.91 Å². The molecule has 1 aromatic carbocycles. The Balaban J connectivity index is 1.92. The lowest BCUT2D eigenvalue weighted by molar-refractivity contribution is -0.153. The molecule has 1 aliphatic heterocycles. The highest BCUT2D eigenvalue weighted by molar-refractivity contribution is 5.86. The molecule has 1 saturated heterocycles. The molecule has 2 atom stereocenters. The quantitative estimate of drug-likeness (QED) is 0.865. The summed E-state index contributed by atoms with van der Waals surface area (Å²) in [5.41, 5.74) is 0.898. The molecule has 0 saturated carbocycles. The molecule has 0 radical (unpaired) electrons. The van der Waals surface area contributed by atoms with E-state index in [0.717, 1.165) is 11.3 Å². The smallest absolute Gasteiger partial charge is 0.326 e. The van der Waals surface area contributed by atoms with Gasteiger partial charge in [-0.1, -0.05) is 12.1 Å². The van der Waals surface area contributed by atoms with Gasteiger partial charge in [-0.2, -0.15) is 0 Å². The second-order valence-corrected chi connectivity index (χ2v) is 5.33. The van der Waals surface area contributed by atoms with Gasteiger partial charge in [-0.3, -0.25) is 4.79 Å². The largest absolute Gasteiger partial charge is 0.497 e. The molecule has 6 heteroatoms. The van der Waals surface area contributed by atoms with Crippen molar-refractivity contribution in [2.24, 2.45) is 0 Å². The molecule has 0 bridgehead atoms. The number of methoxy groups -OCH3 is 1. The monoisotopic (exact) mass is 307 g/mol. The zero-order chi connectivity index (χ0) is 16.1. The van der Waals surface area contributed by atoms with Crippen LogP contribution in [0.4, 0.5) is 0 Å². The number of carbonyl (C=O) groups excluding carboxylic acids is 1. The van der Waals surface area contributed by atoms with Crippen LogP contribution in [-0.2, 0) is 20.9 Å². The zero-order valence-corrected chi connectivity index (χ0v) is 12.8. The maximum absolute atomic E-state index is 12.3. The third kappa shape index (κ3) is 3.76. The molecular weight excluding hydrogens is 286 g/mol. The Morgan fingerprint density at radius 2 is 2.23 bits per heavy atom. The summed E-state index contributed by atoms with van der Waals surface area (Å²) in [6.45, 7) is 2.40. The minimum absolute atomic E-state index is 0.271. The number of carboxylic acid groups (broad SMARTS) is 1. The van der Waals surface area contributed by atoms with Crippen LogP contribution < -0.4 is 4.74 Å². The van der Waals surface area contributed by atoms with Crippen LogP contribution in [0.3, 0.4) is 0 Å². The number of hydrogen-bond donors (Lipinski definition) is 1. The fourth-order valence-electron chi connectivity index (χ4n) is 2.58. The van der Waals surface area contributed by atoms with Crippen molar-refractivity contribution in [1.29, 1.82) is 0 Å². The third-order valence-corrected chi connectivity index (χ3v) is 3.80. The normalized spacial score (nSPS) is 19.0.